The van der Waals surface area contributed by atoms with Crippen molar-refractivity contribution in [3.05, 3.63) is 26.7 Å². The van der Waals surface area contributed by atoms with Gasteiger partial charge in [-0.2, -0.15) is 0 Å². The van der Waals surface area contributed by atoms with Crippen LogP contribution in [0.4, 0.5) is 0 Å². The molecular weight excluding hydrogens is 384 g/mol. The molecule has 0 N–H and O–H groups in total. The molecule has 30 heavy (non-hydrogen) atoms. The molecular formula is C21H34N6O3. The molecule has 1 unspecified atom stereocenters. The van der Waals surface area contributed by atoms with Gasteiger partial charge in [0.05, 0.1) is 19.8 Å². The van der Waals surface area contributed by atoms with Gasteiger partial charge < -0.3 is 9.30 Å². The van der Waals surface area contributed by atoms with E-state index in [0.717, 1.165) is 51.6 Å². The summed E-state index contributed by atoms with van der Waals surface area (Å²) in [4.78, 5) is 35.2. The predicted molar refractivity (Wildman–Crippen MR) is 116 cm³/mol. The minimum absolute atomic E-state index is 0.264. The van der Waals surface area contributed by atoms with Gasteiger partial charge in [-0.15, -0.1) is 0 Å². The second-order valence-corrected chi connectivity index (χ2v) is 8.54. The van der Waals surface area contributed by atoms with Gasteiger partial charge in [0.25, 0.3) is 5.56 Å². The first-order valence-corrected chi connectivity index (χ1v) is 11.2. The average molecular weight is 419 g/mol. The van der Waals surface area contributed by atoms with E-state index in [-0.39, 0.29) is 11.2 Å². The third kappa shape index (κ3) is 3.98. The summed E-state index contributed by atoms with van der Waals surface area (Å²) in [6.45, 7) is 8.85. The molecule has 2 aromatic rings. The van der Waals surface area contributed by atoms with Gasteiger partial charge in [0, 0.05) is 46.3 Å². The highest BCUT2D eigenvalue weighted by molar-refractivity contribution is 5.71. The van der Waals surface area contributed by atoms with Gasteiger partial charge in [0.2, 0.25) is 0 Å². The summed E-state index contributed by atoms with van der Waals surface area (Å²) in [5.74, 6) is 0.886. The maximum atomic E-state index is 13.0. The number of nitrogens with zero attached hydrogens (tertiary/aromatic N) is 6. The Labute approximate surface area is 176 Å². The fraction of sp³-hybridized carbons (Fsp3) is 0.762. The predicted octanol–water partition coefficient (Wildman–Crippen LogP) is 0.530. The molecule has 4 rings (SSSR count). The van der Waals surface area contributed by atoms with Crippen LogP contribution in [0.15, 0.2) is 9.59 Å². The molecule has 9 heteroatoms. The second kappa shape index (κ2) is 9.03. The third-order valence-corrected chi connectivity index (χ3v) is 6.74. The van der Waals surface area contributed by atoms with Crippen LogP contribution in [0.2, 0.25) is 0 Å². The van der Waals surface area contributed by atoms with Gasteiger partial charge in [-0.05, 0) is 25.8 Å². The third-order valence-electron chi connectivity index (χ3n) is 6.74. The summed E-state index contributed by atoms with van der Waals surface area (Å²) in [6, 6.07) is 0.554. The Hall–Kier alpha value is -1.97. The molecule has 2 aliphatic rings. The summed E-state index contributed by atoms with van der Waals surface area (Å²) in [6.07, 6.45) is 4.81. The maximum absolute atomic E-state index is 13.0. The van der Waals surface area contributed by atoms with Crippen LogP contribution in [-0.2, 0) is 31.9 Å². The molecule has 0 amide bonds. The number of imidazole rings is 1. The zero-order valence-electron chi connectivity index (χ0n) is 18.5. The number of morpholine rings is 1. The Kier molecular flexibility index (Phi) is 6.40. The standard InChI is InChI=1S/C21H34N6O3/c1-4-16-7-5-6-8-26(16)15-17-22-19-18(20(28)24(3)21(29)23(19)2)27(17)10-9-25-11-13-30-14-12-25/h16H,4-15H2,1-3H3. The van der Waals surface area contributed by atoms with Crippen LogP contribution in [0.5, 0.6) is 0 Å². The number of aryl methyl sites for hydroxylation is 1. The number of rotatable bonds is 6. The van der Waals surface area contributed by atoms with Crippen molar-refractivity contribution in [1.29, 1.82) is 0 Å². The van der Waals surface area contributed by atoms with E-state index < -0.39 is 0 Å². The normalized spacial score (nSPS) is 21.5. The Bertz CT molecular complexity index is 1000. The van der Waals surface area contributed by atoms with Crippen LogP contribution < -0.4 is 11.2 Å². The highest BCUT2D eigenvalue weighted by atomic mass is 16.5. The van der Waals surface area contributed by atoms with E-state index in [4.69, 9.17) is 9.72 Å². The lowest BCUT2D eigenvalue weighted by molar-refractivity contribution is 0.0362. The first-order valence-electron chi connectivity index (χ1n) is 11.2. The van der Waals surface area contributed by atoms with E-state index in [9.17, 15) is 9.59 Å². The van der Waals surface area contributed by atoms with Crippen LogP contribution in [-0.4, -0.2) is 73.9 Å². The molecule has 0 spiro atoms. The minimum atomic E-state index is -0.332. The first kappa shape index (κ1) is 21.3. The van der Waals surface area contributed by atoms with E-state index in [1.165, 1.54) is 28.4 Å². The number of likely N-dealkylation sites (tertiary alicyclic amines) is 1. The quantitative estimate of drug-likeness (QED) is 0.681. The molecule has 0 saturated carbocycles. The minimum Gasteiger partial charge on any atom is -0.379 e. The van der Waals surface area contributed by atoms with Crippen molar-refractivity contribution in [3.63, 3.8) is 0 Å². The van der Waals surface area contributed by atoms with E-state index in [1.54, 1.807) is 14.1 Å². The molecule has 2 aliphatic heterocycles. The fourth-order valence-electron chi connectivity index (χ4n) is 4.83. The zero-order valence-corrected chi connectivity index (χ0v) is 18.5. The Morgan fingerprint density at radius 1 is 1.03 bits per heavy atom. The molecule has 0 radical (unpaired) electrons. The Balaban J connectivity index is 1.73. The molecule has 0 aromatic carbocycles. The van der Waals surface area contributed by atoms with Gasteiger partial charge in [-0.1, -0.05) is 13.3 Å². The Morgan fingerprint density at radius 3 is 2.53 bits per heavy atom. The Morgan fingerprint density at radius 2 is 1.80 bits per heavy atom. The van der Waals surface area contributed by atoms with Crippen molar-refractivity contribution in [2.24, 2.45) is 14.1 Å². The number of ether oxygens (including phenoxy) is 1. The average Bonchev–Trinajstić information content (AvgIpc) is 3.14. The molecule has 1 atom stereocenters. The topological polar surface area (TPSA) is 77.5 Å². The number of aromatic nitrogens is 4. The fourth-order valence-corrected chi connectivity index (χ4v) is 4.83. The summed E-state index contributed by atoms with van der Waals surface area (Å²) < 4.78 is 10.2. The van der Waals surface area contributed by atoms with Crippen molar-refractivity contribution < 1.29 is 4.74 Å². The van der Waals surface area contributed by atoms with Gasteiger partial charge >= 0.3 is 5.69 Å². The molecule has 166 valence electrons. The van der Waals surface area contributed by atoms with Crippen LogP contribution in [0, 0.1) is 0 Å². The monoisotopic (exact) mass is 418 g/mol. The highest BCUT2D eigenvalue weighted by Gasteiger charge is 2.25. The first-order chi connectivity index (χ1) is 14.5. The lowest BCUT2D eigenvalue weighted by Crippen LogP contribution is -2.41. The maximum Gasteiger partial charge on any atom is 0.332 e. The van der Waals surface area contributed by atoms with Crippen molar-refractivity contribution in [2.75, 3.05) is 39.4 Å². The summed E-state index contributed by atoms with van der Waals surface area (Å²) in [5.41, 5.74) is 0.429. The van der Waals surface area contributed by atoms with Crippen LogP contribution in [0.25, 0.3) is 11.2 Å². The lowest BCUT2D eigenvalue weighted by Gasteiger charge is -2.35. The van der Waals surface area contributed by atoms with E-state index in [2.05, 4.69) is 21.3 Å². The number of piperidine rings is 1. The molecule has 0 bridgehead atoms. The molecule has 9 nitrogen and oxygen atoms in total. The van der Waals surface area contributed by atoms with Crippen molar-refractivity contribution in [2.45, 2.75) is 51.7 Å². The number of hydrogen-bond acceptors (Lipinski definition) is 6. The molecule has 2 saturated heterocycles. The van der Waals surface area contributed by atoms with Gasteiger partial charge in [0.1, 0.15) is 5.82 Å². The largest absolute Gasteiger partial charge is 0.379 e. The molecule has 0 aliphatic carbocycles. The number of hydrogen-bond donors (Lipinski definition) is 0. The summed E-state index contributed by atoms with van der Waals surface area (Å²) >= 11 is 0. The smallest absolute Gasteiger partial charge is 0.332 e. The molecule has 2 fully saturated rings. The van der Waals surface area contributed by atoms with E-state index >= 15 is 0 Å². The van der Waals surface area contributed by atoms with E-state index in [1.807, 2.05) is 0 Å². The molecule has 2 aromatic heterocycles. The summed E-state index contributed by atoms with van der Waals surface area (Å²) in [5, 5.41) is 0. The van der Waals surface area contributed by atoms with Crippen LogP contribution in [0.1, 0.15) is 38.4 Å². The summed E-state index contributed by atoms with van der Waals surface area (Å²) in [7, 11) is 3.24. The van der Waals surface area contributed by atoms with Gasteiger partial charge in [-0.3, -0.25) is 23.7 Å². The van der Waals surface area contributed by atoms with Crippen LogP contribution >= 0.6 is 0 Å². The SMILES string of the molecule is CCC1CCCCN1Cc1nc2c(c(=O)n(C)c(=O)n2C)n1CCN1CCOCC1. The lowest BCUT2D eigenvalue weighted by atomic mass is 10.0. The van der Waals surface area contributed by atoms with Gasteiger partial charge in [0.15, 0.2) is 11.2 Å². The second-order valence-electron chi connectivity index (χ2n) is 8.54. The van der Waals surface area contributed by atoms with E-state index in [0.29, 0.717) is 30.3 Å². The van der Waals surface area contributed by atoms with Crippen LogP contribution in [0.3, 0.4) is 0 Å². The van der Waals surface area contributed by atoms with Crippen molar-refractivity contribution in [3.8, 4) is 0 Å². The van der Waals surface area contributed by atoms with Crippen molar-refractivity contribution in [1.82, 2.24) is 28.5 Å². The number of fused-ring (bicyclic) bond motifs is 1. The molecule has 4 heterocycles. The highest BCUT2D eigenvalue weighted by Crippen LogP contribution is 2.23. The van der Waals surface area contributed by atoms with Gasteiger partial charge in [-0.25, -0.2) is 9.78 Å². The van der Waals surface area contributed by atoms with Crippen molar-refractivity contribution >= 4 is 11.2 Å². The zero-order chi connectivity index (χ0) is 21.3.